The van der Waals surface area contributed by atoms with Crippen LogP contribution >= 0.6 is 0 Å². The molecule has 3 aromatic rings. The Morgan fingerprint density at radius 3 is 2.77 bits per heavy atom. The van der Waals surface area contributed by atoms with E-state index in [1.807, 2.05) is 38.1 Å². The molecule has 0 saturated carbocycles. The molecule has 0 spiro atoms. The van der Waals surface area contributed by atoms with Crippen molar-refractivity contribution in [2.24, 2.45) is 7.05 Å². The smallest absolute Gasteiger partial charge is 0.258 e. The second kappa shape index (κ2) is 5.48. The van der Waals surface area contributed by atoms with Gasteiger partial charge in [0.25, 0.3) is 5.91 Å². The molecule has 2 N–H and O–H groups in total. The Kier molecular flexibility index (Phi) is 3.50. The first kappa shape index (κ1) is 14.1. The van der Waals surface area contributed by atoms with Gasteiger partial charge in [0, 0.05) is 30.2 Å². The van der Waals surface area contributed by atoms with Gasteiger partial charge >= 0.3 is 0 Å². The molecule has 0 fully saturated rings. The van der Waals surface area contributed by atoms with Crippen molar-refractivity contribution in [3.05, 3.63) is 53.6 Å². The number of carbonyl (C=O) groups excluding carboxylic acids is 1. The molecule has 6 heteroatoms. The summed E-state index contributed by atoms with van der Waals surface area (Å²) < 4.78 is 1.60. The van der Waals surface area contributed by atoms with Crippen molar-refractivity contribution in [2.45, 2.75) is 13.8 Å². The summed E-state index contributed by atoms with van der Waals surface area (Å²) in [6.45, 7) is 3.95. The number of rotatable bonds is 3. The normalized spacial score (nSPS) is 10.7. The van der Waals surface area contributed by atoms with Gasteiger partial charge in [0.15, 0.2) is 0 Å². The number of carbonyl (C=O) groups is 1. The molecule has 0 radical (unpaired) electrons. The zero-order valence-corrected chi connectivity index (χ0v) is 12.7. The number of benzene rings is 1. The number of nitrogens with zero attached hydrogens (tertiary/aromatic N) is 3. The van der Waals surface area contributed by atoms with Gasteiger partial charge in [-0.1, -0.05) is 12.1 Å². The molecule has 3 rings (SSSR count). The highest BCUT2D eigenvalue weighted by atomic mass is 16.1. The molecule has 0 bridgehead atoms. The van der Waals surface area contributed by atoms with Crippen LogP contribution in [0.1, 0.15) is 21.7 Å². The van der Waals surface area contributed by atoms with E-state index in [0.717, 1.165) is 28.5 Å². The minimum Gasteiger partial charge on any atom is -0.342 e. The summed E-state index contributed by atoms with van der Waals surface area (Å²) in [7, 11) is 1.78. The van der Waals surface area contributed by atoms with Crippen molar-refractivity contribution in [2.75, 3.05) is 5.32 Å². The van der Waals surface area contributed by atoms with E-state index in [1.54, 1.807) is 24.1 Å². The molecule has 1 amide bonds. The lowest BCUT2D eigenvalue weighted by molar-refractivity contribution is 0.102. The van der Waals surface area contributed by atoms with Crippen LogP contribution < -0.4 is 5.32 Å². The summed E-state index contributed by atoms with van der Waals surface area (Å²) in [5.74, 6) is 0.615. The summed E-state index contributed by atoms with van der Waals surface area (Å²) in [6.07, 6.45) is 3.22. The molecule has 0 unspecified atom stereocenters. The van der Waals surface area contributed by atoms with Gasteiger partial charge in [-0.15, -0.1) is 0 Å². The molecule has 6 nitrogen and oxygen atoms in total. The van der Waals surface area contributed by atoms with Crippen molar-refractivity contribution >= 4 is 11.6 Å². The zero-order chi connectivity index (χ0) is 15.7. The van der Waals surface area contributed by atoms with Gasteiger partial charge in [-0.25, -0.2) is 4.98 Å². The molecule has 0 atom stereocenters. The molecule has 2 heterocycles. The van der Waals surface area contributed by atoms with Crippen molar-refractivity contribution < 1.29 is 4.79 Å². The fraction of sp³-hybridized carbons (Fsp3) is 0.188. The monoisotopic (exact) mass is 295 g/mol. The van der Waals surface area contributed by atoms with Crippen LogP contribution in [0.25, 0.3) is 11.4 Å². The van der Waals surface area contributed by atoms with Crippen molar-refractivity contribution in [1.82, 2.24) is 19.7 Å². The van der Waals surface area contributed by atoms with Crippen LogP contribution in [0.4, 0.5) is 5.69 Å². The topological polar surface area (TPSA) is 75.6 Å². The number of aryl methyl sites for hydroxylation is 3. The third kappa shape index (κ3) is 2.76. The quantitative estimate of drug-likeness (QED) is 0.780. The van der Waals surface area contributed by atoms with Crippen LogP contribution in [0.15, 0.2) is 36.7 Å². The molecule has 0 saturated heterocycles. The number of aromatic nitrogens is 4. The molecular formula is C16H17N5O. The predicted octanol–water partition coefficient (Wildman–Crippen LogP) is 2.68. The summed E-state index contributed by atoms with van der Waals surface area (Å²) in [4.78, 5) is 19.9. The average molecular weight is 295 g/mol. The highest BCUT2D eigenvalue weighted by Crippen LogP contribution is 2.21. The van der Waals surface area contributed by atoms with Gasteiger partial charge in [0.05, 0.1) is 17.5 Å². The van der Waals surface area contributed by atoms with E-state index in [4.69, 9.17) is 0 Å². The molecule has 112 valence electrons. The Balaban J connectivity index is 1.83. The first-order valence-electron chi connectivity index (χ1n) is 6.96. The number of nitrogens with one attached hydrogen (secondary N) is 2. The maximum atomic E-state index is 12.1. The summed E-state index contributed by atoms with van der Waals surface area (Å²) in [5.41, 5.74) is 4.19. The van der Waals surface area contributed by atoms with Crippen LogP contribution in [0, 0.1) is 13.8 Å². The van der Waals surface area contributed by atoms with Crippen molar-refractivity contribution in [1.29, 1.82) is 0 Å². The van der Waals surface area contributed by atoms with Crippen LogP contribution in [0.5, 0.6) is 0 Å². The van der Waals surface area contributed by atoms with Gasteiger partial charge < -0.3 is 10.3 Å². The van der Waals surface area contributed by atoms with Gasteiger partial charge in [-0.2, -0.15) is 5.10 Å². The molecule has 1 aromatic carbocycles. The first-order chi connectivity index (χ1) is 10.5. The van der Waals surface area contributed by atoms with Gasteiger partial charge in [-0.3, -0.25) is 9.48 Å². The lowest BCUT2D eigenvalue weighted by Gasteiger charge is -2.05. The summed E-state index contributed by atoms with van der Waals surface area (Å²) in [5, 5.41) is 6.87. The van der Waals surface area contributed by atoms with Crippen molar-refractivity contribution in [3.63, 3.8) is 0 Å². The lowest BCUT2D eigenvalue weighted by Crippen LogP contribution is -2.11. The van der Waals surface area contributed by atoms with Crippen LogP contribution in [-0.2, 0) is 7.05 Å². The van der Waals surface area contributed by atoms with E-state index in [-0.39, 0.29) is 5.91 Å². The van der Waals surface area contributed by atoms with Crippen LogP contribution in [0.3, 0.4) is 0 Å². The maximum absolute atomic E-state index is 12.1. The second-order valence-electron chi connectivity index (χ2n) is 5.23. The van der Waals surface area contributed by atoms with Crippen LogP contribution in [-0.4, -0.2) is 25.7 Å². The Bertz CT molecular complexity index is 811. The molecule has 2 aromatic heterocycles. The summed E-state index contributed by atoms with van der Waals surface area (Å²) in [6, 6.07) is 7.59. The highest BCUT2D eigenvalue weighted by molar-refractivity contribution is 6.04. The zero-order valence-electron chi connectivity index (χ0n) is 12.7. The van der Waals surface area contributed by atoms with E-state index in [1.165, 1.54) is 0 Å². The predicted molar refractivity (Wildman–Crippen MR) is 84.7 cm³/mol. The molecular weight excluding hydrogens is 278 g/mol. The first-order valence-corrected chi connectivity index (χ1v) is 6.96. The highest BCUT2D eigenvalue weighted by Gasteiger charge is 2.10. The molecule has 0 aliphatic heterocycles. The third-order valence-electron chi connectivity index (χ3n) is 3.49. The minimum absolute atomic E-state index is 0.183. The number of hydrogen-bond acceptors (Lipinski definition) is 3. The van der Waals surface area contributed by atoms with Gasteiger partial charge in [-0.05, 0) is 26.0 Å². The lowest BCUT2D eigenvalue weighted by atomic mass is 10.2. The molecule has 22 heavy (non-hydrogen) atoms. The van der Waals surface area contributed by atoms with Crippen molar-refractivity contribution in [3.8, 4) is 11.4 Å². The van der Waals surface area contributed by atoms with E-state index in [2.05, 4.69) is 20.4 Å². The van der Waals surface area contributed by atoms with E-state index < -0.39 is 0 Å². The fourth-order valence-corrected chi connectivity index (χ4v) is 2.17. The Morgan fingerprint density at radius 2 is 2.14 bits per heavy atom. The fourth-order valence-electron chi connectivity index (χ4n) is 2.17. The van der Waals surface area contributed by atoms with Crippen LogP contribution in [0.2, 0.25) is 0 Å². The Morgan fingerprint density at radius 1 is 1.32 bits per heavy atom. The standard InChI is InChI=1S/C16H17N5O/c1-10-11(2)19-15(18-10)12-5-4-6-14(7-12)20-16(22)13-8-17-21(3)9-13/h4-9H,1-3H3,(H,18,19)(H,20,22). The number of aromatic amines is 1. The number of amides is 1. The molecule has 0 aliphatic rings. The molecule has 0 aliphatic carbocycles. The Labute approximate surface area is 128 Å². The van der Waals surface area contributed by atoms with Gasteiger partial charge in [0.2, 0.25) is 0 Å². The maximum Gasteiger partial charge on any atom is 0.258 e. The number of anilines is 1. The minimum atomic E-state index is -0.183. The second-order valence-corrected chi connectivity index (χ2v) is 5.23. The third-order valence-corrected chi connectivity index (χ3v) is 3.49. The largest absolute Gasteiger partial charge is 0.342 e. The van der Waals surface area contributed by atoms with Gasteiger partial charge in [0.1, 0.15) is 5.82 Å². The average Bonchev–Trinajstić information content (AvgIpc) is 3.06. The SMILES string of the molecule is Cc1nc(-c2cccc(NC(=O)c3cnn(C)c3)c2)[nH]c1C. The van der Waals surface area contributed by atoms with E-state index >= 15 is 0 Å². The number of imidazole rings is 1. The van der Waals surface area contributed by atoms with E-state index in [9.17, 15) is 4.79 Å². The summed E-state index contributed by atoms with van der Waals surface area (Å²) >= 11 is 0. The number of H-pyrrole nitrogens is 1. The van der Waals surface area contributed by atoms with E-state index in [0.29, 0.717) is 5.56 Å². The number of hydrogen-bond donors (Lipinski definition) is 2. The Hall–Kier alpha value is -2.89.